The molecule has 2 aromatic rings. The van der Waals surface area contributed by atoms with Crippen molar-refractivity contribution in [3.8, 4) is 0 Å². The van der Waals surface area contributed by atoms with Crippen molar-refractivity contribution in [2.45, 2.75) is 39.2 Å². The number of hydrogen-bond donors (Lipinski definition) is 2. The first-order valence-corrected chi connectivity index (χ1v) is 7.85. The van der Waals surface area contributed by atoms with E-state index < -0.39 is 0 Å². The molecule has 2 heterocycles. The molecular weight excluding hydrogens is 330 g/mol. The van der Waals surface area contributed by atoms with Crippen LogP contribution in [0.15, 0.2) is 22.9 Å². The lowest BCUT2D eigenvalue weighted by Crippen LogP contribution is -2.37. The van der Waals surface area contributed by atoms with Crippen LogP contribution in [0.3, 0.4) is 0 Å². The topological polar surface area (TPSA) is 68.8 Å². The van der Waals surface area contributed by atoms with Crippen molar-refractivity contribution in [3.05, 3.63) is 45.4 Å². The summed E-state index contributed by atoms with van der Waals surface area (Å²) < 4.78 is 2.93. The monoisotopic (exact) mass is 351 g/mol. The summed E-state index contributed by atoms with van der Waals surface area (Å²) in [6.45, 7) is 4.17. The molecule has 0 amide bonds. The Labute approximate surface area is 134 Å². The Balaban J connectivity index is 1.99. The number of hydrogen-bond acceptors (Lipinski definition) is 4. The van der Waals surface area contributed by atoms with E-state index in [1.54, 1.807) is 6.20 Å². The van der Waals surface area contributed by atoms with Gasteiger partial charge in [0.2, 0.25) is 0 Å². The molecule has 0 spiro atoms. The van der Waals surface area contributed by atoms with Crippen molar-refractivity contribution in [1.29, 1.82) is 0 Å². The van der Waals surface area contributed by atoms with E-state index in [0.29, 0.717) is 0 Å². The van der Waals surface area contributed by atoms with E-state index in [1.165, 1.54) is 16.8 Å². The molecular formula is C15H22BrN5. The SMILES string of the molecule is Cc1nn(C)c(C)c1CCC(Cc1cncc(Br)c1)NN. The molecule has 0 aromatic carbocycles. The van der Waals surface area contributed by atoms with Crippen molar-refractivity contribution >= 4 is 15.9 Å². The quantitative estimate of drug-likeness (QED) is 0.618. The Hall–Kier alpha value is -1.24. The van der Waals surface area contributed by atoms with Crippen molar-refractivity contribution < 1.29 is 0 Å². The van der Waals surface area contributed by atoms with Gasteiger partial charge in [-0.15, -0.1) is 0 Å². The highest BCUT2D eigenvalue weighted by Gasteiger charge is 2.13. The van der Waals surface area contributed by atoms with Gasteiger partial charge in [0.05, 0.1) is 5.69 Å². The molecule has 6 heteroatoms. The van der Waals surface area contributed by atoms with Gasteiger partial charge in [-0.25, -0.2) is 0 Å². The number of nitrogens with two attached hydrogens (primary N) is 1. The Bertz CT molecular complexity index is 608. The molecule has 0 bridgehead atoms. The third-order valence-electron chi connectivity index (χ3n) is 3.88. The van der Waals surface area contributed by atoms with E-state index in [4.69, 9.17) is 5.84 Å². The number of aryl methyl sites for hydroxylation is 2. The number of hydrazine groups is 1. The van der Waals surface area contributed by atoms with Gasteiger partial charge in [-0.2, -0.15) is 5.10 Å². The standard InChI is InChI=1S/C15H22BrN5/c1-10-15(11(2)21(3)20-10)5-4-14(19-17)7-12-6-13(16)9-18-8-12/h6,8-9,14,19H,4-5,7,17H2,1-3H3. The average molecular weight is 352 g/mol. The zero-order valence-electron chi connectivity index (χ0n) is 12.7. The lowest BCUT2D eigenvalue weighted by molar-refractivity contribution is 0.490. The Morgan fingerprint density at radius 1 is 1.38 bits per heavy atom. The van der Waals surface area contributed by atoms with E-state index in [1.807, 2.05) is 17.9 Å². The summed E-state index contributed by atoms with van der Waals surface area (Å²) >= 11 is 3.45. The van der Waals surface area contributed by atoms with Crippen molar-refractivity contribution in [3.63, 3.8) is 0 Å². The number of aromatic nitrogens is 3. The first-order valence-electron chi connectivity index (χ1n) is 7.06. The number of nitrogens with one attached hydrogen (secondary N) is 1. The second-order valence-corrected chi connectivity index (χ2v) is 6.31. The molecule has 2 aromatic heterocycles. The zero-order valence-corrected chi connectivity index (χ0v) is 14.3. The van der Waals surface area contributed by atoms with Crippen LogP contribution in [0.25, 0.3) is 0 Å². The number of rotatable bonds is 6. The van der Waals surface area contributed by atoms with Gasteiger partial charge in [-0.05, 0) is 66.2 Å². The second kappa shape index (κ2) is 7.15. The third kappa shape index (κ3) is 4.12. The van der Waals surface area contributed by atoms with Gasteiger partial charge < -0.3 is 0 Å². The highest BCUT2D eigenvalue weighted by molar-refractivity contribution is 9.10. The van der Waals surface area contributed by atoms with Crippen LogP contribution < -0.4 is 11.3 Å². The Morgan fingerprint density at radius 3 is 2.71 bits per heavy atom. The zero-order chi connectivity index (χ0) is 15.4. The van der Waals surface area contributed by atoms with E-state index in [0.717, 1.165) is 29.4 Å². The largest absolute Gasteiger partial charge is 0.272 e. The molecule has 1 atom stereocenters. The lowest BCUT2D eigenvalue weighted by atomic mass is 9.99. The van der Waals surface area contributed by atoms with Gasteiger partial charge >= 0.3 is 0 Å². The smallest absolute Gasteiger partial charge is 0.0628 e. The predicted molar refractivity (Wildman–Crippen MR) is 87.8 cm³/mol. The fourth-order valence-electron chi connectivity index (χ4n) is 2.59. The van der Waals surface area contributed by atoms with Gasteiger partial charge in [0, 0.05) is 35.6 Å². The molecule has 0 aliphatic heterocycles. The molecule has 21 heavy (non-hydrogen) atoms. The number of halogens is 1. The Morgan fingerprint density at radius 2 is 2.14 bits per heavy atom. The molecule has 114 valence electrons. The third-order valence-corrected chi connectivity index (χ3v) is 4.31. The van der Waals surface area contributed by atoms with E-state index in [9.17, 15) is 0 Å². The second-order valence-electron chi connectivity index (χ2n) is 5.39. The molecule has 3 N–H and O–H groups in total. The minimum atomic E-state index is 0.222. The molecule has 0 radical (unpaired) electrons. The van der Waals surface area contributed by atoms with E-state index >= 15 is 0 Å². The van der Waals surface area contributed by atoms with Crippen LogP contribution in [-0.4, -0.2) is 20.8 Å². The predicted octanol–water partition coefficient (Wildman–Crippen LogP) is 2.20. The van der Waals surface area contributed by atoms with E-state index in [-0.39, 0.29) is 6.04 Å². The van der Waals surface area contributed by atoms with Crippen LogP contribution in [0.2, 0.25) is 0 Å². The number of pyridine rings is 1. The highest BCUT2D eigenvalue weighted by Crippen LogP contribution is 2.17. The Kier molecular flexibility index (Phi) is 5.50. The van der Waals surface area contributed by atoms with Crippen LogP contribution in [-0.2, 0) is 19.9 Å². The highest BCUT2D eigenvalue weighted by atomic mass is 79.9. The first kappa shape index (κ1) is 16.1. The minimum Gasteiger partial charge on any atom is -0.272 e. The van der Waals surface area contributed by atoms with Crippen molar-refractivity contribution in [2.24, 2.45) is 12.9 Å². The average Bonchev–Trinajstić information content (AvgIpc) is 2.69. The van der Waals surface area contributed by atoms with Gasteiger partial charge in [0.15, 0.2) is 0 Å². The molecule has 0 aliphatic rings. The minimum absolute atomic E-state index is 0.222. The van der Waals surface area contributed by atoms with Crippen LogP contribution >= 0.6 is 15.9 Å². The van der Waals surface area contributed by atoms with Gasteiger partial charge in [-0.1, -0.05) is 0 Å². The van der Waals surface area contributed by atoms with Crippen LogP contribution in [0.4, 0.5) is 0 Å². The lowest BCUT2D eigenvalue weighted by Gasteiger charge is -2.16. The number of nitrogens with zero attached hydrogens (tertiary/aromatic N) is 3. The molecule has 0 fully saturated rings. The molecule has 0 saturated heterocycles. The summed E-state index contributed by atoms with van der Waals surface area (Å²) in [6.07, 6.45) is 6.48. The summed E-state index contributed by atoms with van der Waals surface area (Å²) in [4.78, 5) is 4.19. The first-order chi connectivity index (χ1) is 10.0. The van der Waals surface area contributed by atoms with E-state index in [2.05, 4.69) is 51.4 Å². The summed E-state index contributed by atoms with van der Waals surface area (Å²) in [7, 11) is 1.98. The summed E-state index contributed by atoms with van der Waals surface area (Å²) in [6, 6.07) is 2.30. The summed E-state index contributed by atoms with van der Waals surface area (Å²) in [5.74, 6) is 5.70. The molecule has 2 rings (SSSR count). The normalized spacial score (nSPS) is 12.6. The maximum Gasteiger partial charge on any atom is 0.0628 e. The summed E-state index contributed by atoms with van der Waals surface area (Å²) in [5.41, 5.74) is 7.75. The molecule has 1 unspecified atom stereocenters. The van der Waals surface area contributed by atoms with Gasteiger partial charge in [-0.3, -0.25) is 20.9 Å². The van der Waals surface area contributed by atoms with Gasteiger partial charge in [0.25, 0.3) is 0 Å². The van der Waals surface area contributed by atoms with Crippen molar-refractivity contribution in [1.82, 2.24) is 20.2 Å². The van der Waals surface area contributed by atoms with Crippen LogP contribution in [0, 0.1) is 13.8 Å². The van der Waals surface area contributed by atoms with Crippen molar-refractivity contribution in [2.75, 3.05) is 0 Å². The molecule has 0 saturated carbocycles. The fraction of sp³-hybridized carbons (Fsp3) is 0.467. The summed E-state index contributed by atoms with van der Waals surface area (Å²) in [5, 5.41) is 4.46. The molecule has 5 nitrogen and oxygen atoms in total. The van der Waals surface area contributed by atoms with Crippen LogP contribution in [0.1, 0.15) is 28.9 Å². The fourth-order valence-corrected chi connectivity index (χ4v) is 3.01. The van der Waals surface area contributed by atoms with Gasteiger partial charge in [0.1, 0.15) is 0 Å². The maximum absolute atomic E-state index is 5.70. The maximum atomic E-state index is 5.70. The molecule has 0 aliphatic carbocycles. The van der Waals surface area contributed by atoms with Crippen LogP contribution in [0.5, 0.6) is 0 Å².